The SMILES string of the molecule is CCCCCCCCCCCCCOCCOCCOCCOCCOCCOCCOCCOCCOCCOCCOC(=O)CCCCCCCCCCC. The van der Waals surface area contributed by atoms with Gasteiger partial charge in [-0.25, -0.2) is 0 Å². The minimum absolute atomic E-state index is 0.133. The van der Waals surface area contributed by atoms with Gasteiger partial charge in [-0.1, -0.05) is 129 Å². The number of hydrogen-bond donors (Lipinski definition) is 0. The smallest absolute Gasteiger partial charge is 0.305 e. The van der Waals surface area contributed by atoms with Crippen LogP contribution in [0.2, 0.25) is 0 Å². The van der Waals surface area contributed by atoms with Crippen molar-refractivity contribution in [3.63, 3.8) is 0 Å². The summed E-state index contributed by atoms with van der Waals surface area (Å²) in [7, 11) is 0. The van der Waals surface area contributed by atoms with Crippen molar-refractivity contribution in [2.45, 2.75) is 149 Å². The second kappa shape index (κ2) is 53.1. The summed E-state index contributed by atoms with van der Waals surface area (Å²) in [6.07, 6.45) is 26.5. The molecular formula is C45H90O12. The lowest BCUT2D eigenvalue weighted by Crippen LogP contribution is -2.15. The van der Waals surface area contributed by atoms with E-state index in [-0.39, 0.29) is 5.97 Å². The molecular weight excluding hydrogens is 732 g/mol. The van der Waals surface area contributed by atoms with Crippen molar-refractivity contribution in [2.75, 3.05) is 139 Å². The highest BCUT2D eigenvalue weighted by molar-refractivity contribution is 5.69. The van der Waals surface area contributed by atoms with Crippen LogP contribution in [0.3, 0.4) is 0 Å². The summed E-state index contributed by atoms with van der Waals surface area (Å²) in [4.78, 5) is 11.8. The Morgan fingerprint density at radius 2 is 0.456 bits per heavy atom. The maximum Gasteiger partial charge on any atom is 0.305 e. The lowest BCUT2D eigenvalue weighted by Gasteiger charge is -2.09. The van der Waals surface area contributed by atoms with Crippen molar-refractivity contribution in [1.29, 1.82) is 0 Å². The van der Waals surface area contributed by atoms with E-state index in [1.807, 2.05) is 0 Å². The van der Waals surface area contributed by atoms with Gasteiger partial charge >= 0.3 is 5.97 Å². The molecule has 0 fully saturated rings. The van der Waals surface area contributed by atoms with E-state index in [1.165, 1.54) is 109 Å². The van der Waals surface area contributed by atoms with E-state index in [9.17, 15) is 4.79 Å². The lowest BCUT2D eigenvalue weighted by molar-refractivity contribution is -0.145. The fourth-order valence-corrected chi connectivity index (χ4v) is 5.82. The molecule has 0 rings (SSSR count). The number of carbonyl (C=O) groups is 1. The highest BCUT2D eigenvalue weighted by Gasteiger charge is 2.03. The Bertz CT molecular complexity index is 732. The van der Waals surface area contributed by atoms with Gasteiger partial charge in [-0.15, -0.1) is 0 Å². The Kier molecular flexibility index (Phi) is 52.2. The van der Waals surface area contributed by atoms with Gasteiger partial charge in [-0.2, -0.15) is 0 Å². The van der Waals surface area contributed by atoms with E-state index in [0.717, 1.165) is 25.9 Å². The van der Waals surface area contributed by atoms with Crippen molar-refractivity contribution in [2.24, 2.45) is 0 Å². The summed E-state index contributed by atoms with van der Waals surface area (Å²) in [5.74, 6) is -0.133. The molecule has 0 aromatic rings. The summed E-state index contributed by atoms with van der Waals surface area (Å²) in [5.41, 5.74) is 0. The third kappa shape index (κ3) is 53.1. The standard InChI is InChI=1S/C45H90O12/c1-3-5-7-9-11-13-14-16-18-20-22-24-47-25-26-48-27-28-49-29-30-50-31-32-51-33-34-52-35-36-53-37-38-54-39-40-55-41-42-56-43-44-57-45(46)23-21-19-17-15-12-10-8-6-4-2/h3-44H2,1-2H3. The van der Waals surface area contributed by atoms with E-state index < -0.39 is 0 Å². The zero-order valence-corrected chi connectivity index (χ0v) is 37.1. The molecule has 0 heterocycles. The molecule has 0 aliphatic rings. The van der Waals surface area contributed by atoms with Gasteiger partial charge < -0.3 is 52.1 Å². The molecule has 0 aliphatic heterocycles. The highest BCUT2D eigenvalue weighted by atomic mass is 16.6. The number of esters is 1. The first-order valence-corrected chi connectivity index (χ1v) is 23.2. The van der Waals surface area contributed by atoms with Crippen LogP contribution < -0.4 is 0 Å². The van der Waals surface area contributed by atoms with Crippen LogP contribution >= 0.6 is 0 Å². The zero-order chi connectivity index (χ0) is 41.1. The fourth-order valence-electron chi connectivity index (χ4n) is 5.82. The third-order valence-electron chi connectivity index (χ3n) is 9.22. The number of rotatable bonds is 52. The van der Waals surface area contributed by atoms with Gasteiger partial charge in [0.15, 0.2) is 0 Å². The Balaban J connectivity index is 3.10. The summed E-state index contributed by atoms with van der Waals surface area (Å²) in [5, 5.41) is 0. The van der Waals surface area contributed by atoms with Crippen LogP contribution in [0.1, 0.15) is 149 Å². The van der Waals surface area contributed by atoms with Gasteiger partial charge in [0.1, 0.15) is 6.61 Å². The topological polar surface area (TPSA) is 119 Å². The molecule has 0 spiro atoms. The van der Waals surface area contributed by atoms with Gasteiger partial charge in [-0.3, -0.25) is 4.79 Å². The largest absolute Gasteiger partial charge is 0.463 e. The second-order valence-corrected chi connectivity index (χ2v) is 14.5. The molecule has 0 aliphatic carbocycles. The average Bonchev–Trinajstić information content (AvgIpc) is 3.22. The Labute approximate surface area is 349 Å². The second-order valence-electron chi connectivity index (χ2n) is 14.5. The van der Waals surface area contributed by atoms with Crippen LogP contribution in [0.25, 0.3) is 0 Å². The minimum Gasteiger partial charge on any atom is -0.463 e. The number of ether oxygens (including phenoxy) is 11. The predicted molar refractivity (Wildman–Crippen MR) is 227 cm³/mol. The van der Waals surface area contributed by atoms with Crippen molar-refractivity contribution < 1.29 is 56.9 Å². The van der Waals surface area contributed by atoms with Crippen molar-refractivity contribution in [3.8, 4) is 0 Å². The zero-order valence-electron chi connectivity index (χ0n) is 37.1. The average molecular weight is 823 g/mol. The highest BCUT2D eigenvalue weighted by Crippen LogP contribution is 2.12. The molecule has 0 saturated carbocycles. The molecule has 12 heteroatoms. The summed E-state index contributed by atoms with van der Waals surface area (Å²) in [6.45, 7) is 15.5. The van der Waals surface area contributed by atoms with Gasteiger partial charge in [0.05, 0.1) is 126 Å². The van der Waals surface area contributed by atoms with Crippen molar-refractivity contribution >= 4 is 5.97 Å². The Hall–Kier alpha value is -0.930. The lowest BCUT2D eigenvalue weighted by atomic mass is 10.1. The van der Waals surface area contributed by atoms with Gasteiger partial charge in [0.2, 0.25) is 0 Å². The first-order chi connectivity index (χ1) is 28.3. The maximum atomic E-state index is 11.8. The van der Waals surface area contributed by atoms with Crippen LogP contribution in [0.4, 0.5) is 0 Å². The molecule has 12 nitrogen and oxygen atoms in total. The van der Waals surface area contributed by atoms with Crippen LogP contribution in [0.15, 0.2) is 0 Å². The first kappa shape index (κ1) is 56.1. The molecule has 0 atom stereocenters. The first-order valence-electron chi connectivity index (χ1n) is 23.2. The quantitative estimate of drug-likeness (QED) is 0.0431. The van der Waals surface area contributed by atoms with E-state index in [2.05, 4.69) is 13.8 Å². The van der Waals surface area contributed by atoms with Gasteiger partial charge in [0.25, 0.3) is 0 Å². The minimum atomic E-state index is -0.133. The fraction of sp³-hybridized carbons (Fsp3) is 0.978. The van der Waals surface area contributed by atoms with Crippen LogP contribution in [0, 0.1) is 0 Å². The van der Waals surface area contributed by atoms with E-state index in [0.29, 0.717) is 139 Å². The molecule has 0 N–H and O–H groups in total. The maximum absolute atomic E-state index is 11.8. The van der Waals surface area contributed by atoms with Crippen molar-refractivity contribution in [1.82, 2.24) is 0 Å². The summed E-state index contributed by atoms with van der Waals surface area (Å²) >= 11 is 0. The van der Waals surface area contributed by atoms with E-state index in [1.54, 1.807) is 0 Å². The molecule has 0 amide bonds. The van der Waals surface area contributed by atoms with Gasteiger partial charge in [-0.05, 0) is 12.8 Å². The molecule has 0 saturated heterocycles. The van der Waals surface area contributed by atoms with Crippen LogP contribution in [-0.2, 0) is 56.9 Å². The molecule has 0 radical (unpaired) electrons. The summed E-state index contributed by atoms with van der Waals surface area (Å²) < 4.78 is 60.5. The van der Waals surface area contributed by atoms with Crippen LogP contribution in [-0.4, -0.2) is 145 Å². The summed E-state index contributed by atoms with van der Waals surface area (Å²) in [6, 6.07) is 0. The molecule has 0 aromatic heterocycles. The predicted octanol–water partition coefficient (Wildman–Crippen LogP) is 8.93. The van der Waals surface area contributed by atoms with Crippen LogP contribution in [0.5, 0.6) is 0 Å². The van der Waals surface area contributed by atoms with Crippen molar-refractivity contribution in [3.05, 3.63) is 0 Å². The molecule has 57 heavy (non-hydrogen) atoms. The number of unbranched alkanes of at least 4 members (excludes halogenated alkanes) is 18. The monoisotopic (exact) mass is 823 g/mol. The van der Waals surface area contributed by atoms with E-state index in [4.69, 9.17) is 52.1 Å². The Morgan fingerprint density at radius 1 is 0.246 bits per heavy atom. The van der Waals surface area contributed by atoms with Gasteiger partial charge in [0, 0.05) is 13.0 Å². The normalized spacial score (nSPS) is 11.5. The molecule has 342 valence electrons. The third-order valence-corrected chi connectivity index (χ3v) is 9.22. The Morgan fingerprint density at radius 3 is 0.737 bits per heavy atom. The molecule has 0 bridgehead atoms. The molecule has 0 aromatic carbocycles. The number of carbonyl (C=O) groups excluding carboxylic acids is 1. The number of hydrogen-bond acceptors (Lipinski definition) is 12. The molecule has 0 unspecified atom stereocenters. The van der Waals surface area contributed by atoms with E-state index >= 15 is 0 Å².